The third-order valence-electron chi connectivity index (χ3n) is 5.24. The Kier molecular flexibility index (Phi) is 13.3. The molecule has 3 amide bonds. The zero-order valence-corrected chi connectivity index (χ0v) is 20.4. The van der Waals surface area contributed by atoms with Gasteiger partial charge in [0.15, 0.2) is 5.96 Å². The van der Waals surface area contributed by atoms with Gasteiger partial charge in [-0.25, -0.2) is 4.79 Å². The molecule has 13 nitrogen and oxygen atoms in total. The van der Waals surface area contributed by atoms with Gasteiger partial charge in [0.1, 0.15) is 18.1 Å². The number of hydrogen-bond donors (Lipinski definition) is 8. The second kappa shape index (κ2) is 15.3. The Labute approximate surface area is 203 Å². The van der Waals surface area contributed by atoms with Gasteiger partial charge in [0, 0.05) is 6.54 Å². The minimum atomic E-state index is -1.30. The quantitative estimate of drug-likeness (QED) is 0.0664. The number of thioether (sulfide) groups is 1. The van der Waals surface area contributed by atoms with E-state index < -0.39 is 54.0 Å². The molecule has 1 saturated heterocycles. The highest BCUT2D eigenvalue weighted by atomic mass is 32.2. The van der Waals surface area contributed by atoms with Gasteiger partial charge in [-0.15, -0.1) is 0 Å². The van der Waals surface area contributed by atoms with E-state index in [9.17, 15) is 29.4 Å². The van der Waals surface area contributed by atoms with Gasteiger partial charge in [0.2, 0.25) is 17.7 Å². The van der Waals surface area contributed by atoms with Crippen molar-refractivity contribution in [2.45, 2.75) is 69.3 Å². The fourth-order valence-electron chi connectivity index (χ4n) is 3.37. The molecule has 1 heterocycles. The lowest BCUT2D eigenvalue weighted by Crippen LogP contribution is -2.59. The summed E-state index contributed by atoms with van der Waals surface area (Å²) in [6.07, 6.45) is 2.65. The van der Waals surface area contributed by atoms with Crippen LogP contribution in [0.25, 0.3) is 0 Å². The number of aliphatic hydroxyl groups is 1. The smallest absolute Gasteiger partial charge is 0.326 e. The Morgan fingerprint density at radius 3 is 2.32 bits per heavy atom. The Morgan fingerprint density at radius 2 is 1.79 bits per heavy atom. The monoisotopic (exact) mass is 503 g/mol. The maximum atomic E-state index is 12.9. The van der Waals surface area contributed by atoms with Crippen LogP contribution in [0.2, 0.25) is 0 Å². The van der Waals surface area contributed by atoms with E-state index in [1.54, 1.807) is 0 Å². The van der Waals surface area contributed by atoms with Crippen LogP contribution in [0.3, 0.4) is 0 Å². The number of nitrogens with two attached hydrogens (primary N) is 2. The molecule has 14 heteroatoms. The van der Waals surface area contributed by atoms with Crippen LogP contribution in [0.1, 0.15) is 39.0 Å². The third-order valence-corrected chi connectivity index (χ3v) is 5.89. The van der Waals surface area contributed by atoms with E-state index in [4.69, 9.17) is 11.5 Å². The molecule has 34 heavy (non-hydrogen) atoms. The number of amides is 3. The number of aliphatic imine (C=N–C) groups is 1. The van der Waals surface area contributed by atoms with Gasteiger partial charge in [-0.2, -0.15) is 11.8 Å². The average molecular weight is 504 g/mol. The molecule has 1 aliphatic rings. The fraction of sp³-hybridized carbons (Fsp3) is 0.750. The van der Waals surface area contributed by atoms with Crippen LogP contribution in [0, 0.1) is 0 Å². The summed E-state index contributed by atoms with van der Waals surface area (Å²) >= 11 is 1.44. The zero-order valence-electron chi connectivity index (χ0n) is 19.6. The minimum absolute atomic E-state index is 0.105. The summed E-state index contributed by atoms with van der Waals surface area (Å²) in [5, 5.41) is 30.0. The molecule has 0 aliphatic carbocycles. The van der Waals surface area contributed by atoms with Crippen LogP contribution >= 0.6 is 11.8 Å². The van der Waals surface area contributed by atoms with Crippen molar-refractivity contribution in [3.05, 3.63) is 0 Å². The second-order valence-electron chi connectivity index (χ2n) is 8.07. The van der Waals surface area contributed by atoms with Gasteiger partial charge < -0.3 is 42.9 Å². The molecule has 0 aromatic carbocycles. The van der Waals surface area contributed by atoms with Crippen molar-refractivity contribution in [3.8, 4) is 0 Å². The van der Waals surface area contributed by atoms with Gasteiger partial charge in [0.25, 0.3) is 0 Å². The molecule has 0 aromatic heterocycles. The number of aliphatic carboxylic acids is 1. The summed E-state index contributed by atoms with van der Waals surface area (Å²) in [6.45, 7) is 2.23. The minimum Gasteiger partial charge on any atom is -0.480 e. The zero-order chi connectivity index (χ0) is 25.7. The van der Waals surface area contributed by atoms with Gasteiger partial charge in [-0.3, -0.25) is 19.4 Å². The molecule has 1 fully saturated rings. The number of rotatable bonds is 15. The lowest BCUT2D eigenvalue weighted by atomic mass is 10.1. The summed E-state index contributed by atoms with van der Waals surface area (Å²) < 4.78 is 0. The number of nitrogens with one attached hydrogen (secondary N) is 4. The van der Waals surface area contributed by atoms with Crippen LogP contribution < -0.4 is 32.7 Å². The maximum absolute atomic E-state index is 12.9. The van der Waals surface area contributed by atoms with E-state index >= 15 is 0 Å². The summed E-state index contributed by atoms with van der Waals surface area (Å²) in [4.78, 5) is 53.6. The second-order valence-corrected chi connectivity index (χ2v) is 9.05. The molecule has 0 saturated carbocycles. The van der Waals surface area contributed by atoms with Crippen molar-refractivity contribution in [2.75, 3.05) is 25.1 Å². The Morgan fingerprint density at radius 1 is 1.12 bits per heavy atom. The molecule has 0 spiro atoms. The molecular formula is C20H37N7O6S. The predicted molar refractivity (Wildman–Crippen MR) is 129 cm³/mol. The summed E-state index contributed by atoms with van der Waals surface area (Å²) in [6, 6.07) is -4.01. The molecule has 0 aromatic rings. The van der Waals surface area contributed by atoms with Gasteiger partial charge in [-0.05, 0) is 57.6 Å². The van der Waals surface area contributed by atoms with E-state index in [2.05, 4.69) is 26.3 Å². The van der Waals surface area contributed by atoms with Crippen molar-refractivity contribution in [1.29, 1.82) is 0 Å². The summed E-state index contributed by atoms with van der Waals surface area (Å²) in [5.41, 5.74) is 10.6. The molecule has 0 bridgehead atoms. The van der Waals surface area contributed by atoms with E-state index in [-0.39, 0.29) is 25.3 Å². The highest BCUT2D eigenvalue weighted by molar-refractivity contribution is 7.98. The van der Waals surface area contributed by atoms with Crippen LogP contribution in [0.5, 0.6) is 0 Å². The molecule has 5 unspecified atom stereocenters. The van der Waals surface area contributed by atoms with Crippen molar-refractivity contribution in [2.24, 2.45) is 16.5 Å². The van der Waals surface area contributed by atoms with Gasteiger partial charge in [-0.1, -0.05) is 0 Å². The first-order valence-electron chi connectivity index (χ1n) is 11.2. The van der Waals surface area contributed by atoms with Crippen molar-refractivity contribution < 1.29 is 29.4 Å². The van der Waals surface area contributed by atoms with E-state index in [1.807, 2.05) is 6.26 Å². The SMILES string of the molecule is CSCCC(NC(=O)C(CCCN=C(N)N)NC(=O)C(NC(=O)C1CCCN1)C(C)O)C(=O)O. The van der Waals surface area contributed by atoms with Gasteiger partial charge >= 0.3 is 5.97 Å². The molecule has 1 aliphatic heterocycles. The summed E-state index contributed by atoms with van der Waals surface area (Å²) in [7, 11) is 0. The number of guanidine groups is 1. The number of carboxylic acids is 1. The first-order chi connectivity index (χ1) is 16.1. The molecule has 10 N–H and O–H groups in total. The first-order valence-corrected chi connectivity index (χ1v) is 12.6. The average Bonchev–Trinajstić information content (AvgIpc) is 3.31. The number of aliphatic hydroxyl groups excluding tert-OH is 1. The summed E-state index contributed by atoms with van der Waals surface area (Å²) in [5.74, 6) is -2.67. The normalized spacial score (nSPS) is 18.7. The Bertz CT molecular complexity index is 726. The highest BCUT2D eigenvalue weighted by Crippen LogP contribution is 2.08. The van der Waals surface area contributed by atoms with Gasteiger partial charge in [0.05, 0.1) is 12.1 Å². The van der Waals surface area contributed by atoms with Crippen molar-refractivity contribution >= 4 is 41.4 Å². The van der Waals surface area contributed by atoms with Crippen LogP contribution in [-0.4, -0.2) is 95.2 Å². The molecule has 194 valence electrons. The van der Waals surface area contributed by atoms with Crippen LogP contribution in [-0.2, 0) is 19.2 Å². The first kappa shape index (κ1) is 29.5. The molecule has 5 atom stereocenters. The lowest BCUT2D eigenvalue weighted by molar-refractivity contribution is -0.142. The standard InChI is InChI=1S/C20H37N7O6S/c1-11(28)15(27-16(29)12-5-3-8-23-12)18(31)25-13(6-4-9-24-20(21)22)17(30)26-14(19(32)33)7-10-34-2/h11-15,23,28H,3-10H2,1-2H3,(H,25,31)(H,26,30)(H,27,29)(H,32,33)(H4,21,22,24). The Hall–Kier alpha value is -2.58. The highest BCUT2D eigenvalue weighted by Gasteiger charge is 2.33. The largest absolute Gasteiger partial charge is 0.480 e. The number of hydrogen-bond acceptors (Lipinski definition) is 8. The Balaban J connectivity index is 2.91. The van der Waals surface area contributed by atoms with Crippen LogP contribution in [0.4, 0.5) is 0 Å². The number of carbonyl (C=O) groups excluding carboxylic acids is 3. The number of nitrogens with zero attached hydrogens (tertiary/aromatic N) is 1. The predicted octanol–water partition coefficient (Wildman–Crippen LogP) is -2.54. The lowest BCUT2D eigenvalue weighted by Gasteiger charge is -2.26. The maximum Gasteiger partial charge on any atom is 0.326 e. The van der Waals surface area contributed by atoms with E-state index in [0.717, 1.165) is 6.42 Å². The van der Waals surface area contributed by atoms with Crippen molar-refractivity contribution in [1.82, 2.24) is 21.3 Å². The van der Waals surface area contributed by atoms with Crippen LogP contribution in [0.15, 0.2) is 4.99 Å². The van der Waals surface area contributed by atoms with Crippen molar-refractivity contribution in [3.63, 3.8) is 0 Å². The molecule has 1 rings (SSSR count). The number of carbonyl (C=O) groups is 4. The molecule has 0 radical (unpaired) electrons. The fourth-order valence-corrected chi connectivity index (χ4v) is 3.84. The number of carboxylic acid groups (broad SMARTS) is 1. The van der Waals surface area contributed by atoms with E-state index in [1.165, 1.54) is 18.7 Å². The third kappa shape index (κ3) is 10.6. The topological polar surface area (TPSA) is 221 Å². The van der Waals surface area contributed by atoms with E-state index in [0.29, 0.717) is 25.1 Å². The molecular weight excluding hydrogens is 466 g/mol.